The fourth-order valence-electron chi connectivity index (χ4n) is 1.31. The van der Waals surface area contributed by atoms with Crippen LogP contribution in [0.1, 0.15) is 5.69 Å². The molecule has 0 unspecified atom stereocenters. The van der Waals surface area contributed by atoms with Gasteiger partial charge < -0.3 is 5.11 Å². The van der Waals surface area contributed by atoms with Crippen LogP contribution in [0.3, 0.4) is 0 Å². The van der Waals surface area contributed by atoms with Crippen LogP contribution < -0.4 is 0 Å². The normalized spacial score (nSPS) is 10.3. The van der Waals surface area contributed by atoms with Crippen molar-refractivity contribution in [2.45, 2.75) is 6.61 Å². The minimum Gasteiger partial charge on any atom is -0.390 e. The van der Waals surface area contributed by atoms with E-state index >= 15 is 0 Å². The summed E-state index contributed by atoms with van der Waals surface area (Å²) < 4.78 is 0. The quantitative estimate of drug-likeness (QED) is 0.841. The van der Waals surface area contributed by atoms with E-state index < -0.39 is 0 Å². The second-order valence-corrected chi connectivity index (χ2v) is 3.47. The second-order valence-electron chi connectivity index (χ2n) is 3.07. The van der Waals surface area contributed by atoms with Crippen LogP contribution in [0.25, 0.3) is 11.3 Å². The number of hydrogen-bond acceptors (Lipinski definition) is 2. The van der Waals surface area contributed by atoms with Crippen LogP contribution >= 0.6 is 11.6 Å². The molecule has 1 aromatic carbocycles. The molecule has 0 atom stereocenters. The minimum atomic E-state index is -0.0772. The molecule has 1 radical (unpaired) electrons. The molecule has 2 aromatic rings. The highest BCUT2D eigenvalue weighted by molar-refractivity contribution is 6.33. The lowest BCUT2D eigenvalue weighted by molar-refractivity contribution is 0.277. The van der Waals surface area contributed by atoms with Crippen molar-refractivity contribution in [3.05, 3.63) is 53.2 Å². The van der Waals surface area contributed by atoms with Crippen LogP contribution in [0.15, 0.2) is 36.4 Å². The highest BCUT2D eigenvalue weighted by Crippen LogP contribution is 2.25. The van der Waals surface area contributed by atoms with Gasteiger partial charge in [0.05, 0.1) is 18.0 Å². The van der Waals surface area contributed by atoms with Gasteiger partial charge >= 0.3 is 0 Å². The van der Waals surface area contributed by atoms with E-state index in [1.165, 1.54) is 0 Å². The summed E-state index contributed by atoms with van der Waals surface area (Å²) in [6, 6.07) is 13.9. The molecule has 75 valence electrons. The van der Waals surface area contributed by atoms with Gasteiger partial charge in [-0.25, -0.2) is 4.98 Å². The number of rotatable bonds is 2. The van der Waals surface area contributed by atoms with E-state index in [4.69, 9.17) is 16.7 Å². The summed E-state index contributed by atoms with van der Waals surface area (Å²) >= 11 is 6.03. The Bertz CT molecular complexity index is 471. The van der Waals surface area contributed by atoms with Crippen molar-refractivity contribution in [3.8, 4) is 11.3 Å². The van der Waals surface area contributed by atoms with Crippen molar-refractivity contribution in [1.82, 2.24) is 4.98 Å². The minimum absolute atomic E-state index is 0.0772. The number of aromatic nitrogens is 1. The van der Waals surface area contributed by atoms with Crippen molar-refractivity contribution < 1.29 is 5.11 Å². The first-order valence-corrected chi connectivity index (χ1v) is 4.92. The Hall–Kier alpha value is -1.38. The number of halogens is 1. The Morgan fingerprint density at radius 2 is 2.07 bits per heavy atom. The van der Waals surface area contributed by atoms with Crippen LogP contribution in [-0.2, 0) is 6.61 Å². The number of aliphatic hydroxyl groups is 1. The van der Waals surface area contributed by atoms with Gasteiger partial charge in [-0.1, -0.05) is 35.9 Å². The Morgan fingerprint density at radius 1 is 1.27 bits per heavy atom. The van der Waals surface area contributed by atoms with E-state index in [1.807, 2.05) is 18.2 Å². The molecule has 0 bridgehead atoms. The zero-order valence-electron chi connectivity index (χ0n) is 7.94. The second kappa shape index (κ2) is 4.43. The van der Waals surface area contributed by atoms with Gasteiger partial charge in [-0.15, -0.1) is 0 Å². The van der Waals surface area contributed by atoms with Gasteiger partial charge in [0.2, 0.25) is 0 Å². The maximum Gasteiger partial charge on any atom is 0.0853 e. The van der Waals surface area contributed by atoms with E-state index in [-0.39, 0.29) is 6.61 Å². The van der Waals surface area contributed by atoms with E-state index in [2.05, 4.69) is 11.1 Å². The summed E-state index contributed by atoms with van der Waals surface area (Å²) in [6.07, 6.45) is 0. The molecule has 1 aromatic heterocycles. The van der Waals surface area contributed by atoms with Gasteiger partial charge in [0.25, 0.3) is 0 Å². The van der Waals surface area contributed by atoms with Gasteiger partial charge in [-0.05, 0) is 12.1 Å². The van der Waals surface area contributed by atoms with Crippen molar-refractivity contribution in [2.75, 3.05) is 0 Å². The van der Waals surface area contributed by atoms with Crippen molar-refractivity contribution in [1.29, 1.82) is 0 Å². The van der Waals surface area contributed by atoms with Gasteiger partial charge in [-0.3, -0.25) is 0 Å². The molecule has 0 saturated carbocycles. The highest BCUT2D eigenvalue weighted by atomic mass is 35.5. The third-order valence-corrected chi connectivity index (χ3v) is 2.37. The molecule has 2 rings (SSSR count). The van der Waals surface area contributed by atoms with E-state index in [0.29, 0.717) is 16.4 Å². The number of nitrogens with zero attached hydrogens (tertiary/aromatic N) is 1. The van der Waals surface area contributed by atoms with Gasteiger partial charge in [-0.2, -0.15) is 0 Å². The third kappa shape index (κ3) is 2.17. The van der Waals surface area contributed by atoms with Crippen molar-refractivity contribution >= 4 is 11.6 Å². The van der Waals surface area contributed by atoms with Crippen LogP contribution in [0.2, 0.25) is 5.02 Å². The van der Waals surface area contributed by atoms with Crippen LogP contribution in [0.5, 0.6) is 0 Å². The molecule has 0 saturated heterocycles. The molecule has 0 spiro atoms. The van der Waals surface area contributed by atoms with Gasteiger partial charge in [0.15, 0.2) is 0 Å². The summed E-state index contributed by atoms with van der Waals surface area (Å²) in [5.41, 5.74) is 2.10. The summed E-state index contributed by atoms with van der Waals surface area (Å²) in [7, 11) is 0. The Morgan fingerprint density at radius 3 is 2.80 bits per heavy atom. The molecule has 1 heterocycles. The first-order valence-electron chi connectivity index (χ1n) is 4.54. The summed E-state index contributed by atoms with van der Waals surface area (Å²) in [6.45, 7) is -0.0772. The molecule has 3 heteroatoms. The van der Waals surface area contributed by atoms with Crippen molar-refractivity contribution in [3.63, 3.8) is 0 Å². The van der Waals surface area contributed by atoms with E-state index in [1.54, 1.807) is 18.2 Å². The van der Waals surface area contributed by atoms with Gasteiger partial charge in [0.1, 0.15) is 0 Å². The van der Waals surface area contributed by atoms with E-state index in [9.17, 15) is 0 Å². The molecule has 2 nitrogen and oxygen atoms in total. The molecule has 0 amide bonds. The fourth-order valence-corrected chi connectivity index (χ4v) is 1.53. The SMILES string of the molecule is OCc1cc[c]c(-c2ccccc2Cl)n1. The lowest BCUT2D eigenvalue weighted by Crippen LogP contribution is -1.91. The summed E-state index contributed by atoms with van der Waals surface area (Å²) in [5.74, 6) is 0. The largest absolute Gasteiger partial charge is 0.390 e. The smallest absolute Gasteiger partial charge is 0.0853 e. The zero-order chi connectivity index (χ0) is 10.7. The Balaban J connectivity index is 2.49. The predicted molar refractivity (Wildman–Crippen MR) is 59.4 cm³/mol. The Labute approximate surface area is 93.2 Å². The summed E-state index contributed by atoms with van der Waals surface area (Å²) in [5, 5.41) is 9.60. The van der Waals surface area contributed by atoms with Crippen LogP contribution in [0.4, 0.5) is 0 Å². The monoisotopic (exact) mass is 218 g/mol. The number of aliphatic hydroxyl groups excluding tert-OH is 1. The third-order valence-electron chi connectivity index (χ3n) is 2.04. The summed E-state index contributed by atoms with van der Waals surface area (Å²) in [4.78, 5) is 4.23. The van der Waals surface area contributed by atoms with Crippen LogP contribution in [0, 0.1) is 6.07 Å². The molecular weight excluding hydrogens is 210 g/mol. The fraction of sp³-hybridized carbons (Fsp3) is 0.0833. The Kier molecular flexibility index (Phi) is 2.99. The van der Waals surface area contributed by atoms with Crippen molar-refractivity contribution in [2.24, 2.45) is 0 Å². The number of benzene rings is 1. The molecule has 0 aliphatic rings. The molecule has 1 N–H and O–H groups in total. The van der Waals surface area contributed by atoms with Gasteiger partial charge in [0, 0.05) is 16.7 Å². The topological polar surface area (TPSA) is 33.1 Å². The zero-order valence-corrected chi connectivity index (χ0v) is 8.70. The maximum atomic E-state index is 8.97. The molecular formula is C12H9ClNO. The molecule has 15 heavy (non-hydrogen) atoms. The molecule has 0 aliphatic carbocycles. The molecule has 0 fully saturated rings. The molecule has 0 aliphatic heterocycles. The lowest BCUT2D eigenvalue weighted by Gasteiger charge is -2.03. The lowest BCUT2D eigenvalue weighted by atomic mass is 10.1. The van der Waals surface area contributed by atoms with E-state index in [0.717, 1.165) is 5.56 Å². The first-order chi connectivity index (χ1) is 7.31. The highest BCUT2D eigenvalue weighted by Gasteiger charge is 2.04. The number of hydrogen-bond donors (Lipinski definition) is 1. The predicted octanol–water partition coefficient (Wildman–Crippen LogP) is 2.69. The average molecular weight is 219 g/mol. The number of pyridine rings is 1. The average Bonchev–Trinajstić information content (AvgIpc) is 2.30. The maximum absolute atomic E-state index is 8.97. The first kappa shape index (κ1) is 10.1. The van der Waals surface area contributed by atoms with Crippen LogP contribution in [-0.4, -0.2) is 10.1 Å². The standard InChI is InChI=1S/C12H9ClNO/c13-11-6-2-1-5-10(11)12-7-3-4-9(8-15)14-12/h1-6,15H,8H2.